The first kappa shape index (κ1) is 12.9. The van der Waals surface area contributed by atoms with Crippen molar-refractivity contribution in [2.75, 3.05) is 37.1 Å². The van der Waals surface area contributed by atoms with Gasteiger partial charge in [-0.05, 0) is 12.8 Å². The van der Waals surface area contributed by atoms with E-state index in [0.717, 1.165) is 26.1 Å². The summed E-state index contributed by atoms with van der Waals surface area (Å²) in [6.45, 7) is 2.96. The minimum absolute atomic E-state index is 0.273. The smallest absolute Gasteiger partial charge is 0.224 e. The lowest BCUT2D eigenvalue weighted by molar-refractivity contribution is 0.195. The van der Waals surface area contributed by atoms with Crippen LogP contribution in [0.3, 0.4) is 0 Å². The van der Waals surface area contributed by atoms with Gasteiger partial charge in [0.15, 0.2) is 5.82 Å². The van der Waals surface area contributed by atoms with Gasteiger partial charge in [0.25, 0.3) is 0 Å². The van der Waals surface area contributed by atoms with E-state index in [1.54, 1.807) is 6.20 Å². The molecule has 0 amide bonds. The van der Waals surface area contributed by atoms with E-state index in [1.165, 1.54) is 0 Å². The Kier molecular flexibility index (Phi) is 4.00. The van der Waals surface area contributed by atoms with Crippen LogP contribution in [0.15, 0.2) is 6.20 Å². The van der Waals surface area contributed by atoms with Crippen LogP contribution in [0.1, 0.15) is 12.8 Å². The van der Waals surface area contributed by atoms with Crippen molar-refractivity contribution in [3.63, 3.8) is 0 Å². The van der Waals surface area contributed by atoms with E-state index in [1.807, 2.05) is 0 Å². The van der Waals surface area contributed by atoms with Crippen LogP contribution in [0.4, 0.5) is 11.8 Å². The monoisotopic (exact) mass is 284 g/mol. The van der Waals surface area contributed by atoms with Crippen molar-refractivity contribution in [3.8, 4) is 0 Å². The zero-order chi connectivity index (χ0) is 13.1. The van der Waals surface area contributed by atoms with Crippen LogP contribution >= 0.6 is 11.6 Å². The zero-order valence-corrected chi connectivity index (χ0v) is 11.3. The average molecular weight is 285 g/mol. The first-order valence-electron chi connectivity index (χ1n) is 6.52. The molecule has 0 unspecified atom stereocenters. The highest BCUT2D eigenvalue weighted by Gasteiger charge is 2.19. The van der Waals surface area contributed by atoms with Gasteiger partial charge >= 0.3 is 0 Å². The molecule has 104 valence electrons. The lowest BCUT2D eigenvalue weighted by Crippen LogP contribution is -2.23. The van der Waals surface area contributed by atoms with Crippen LogP contribution in [0.5, 0.6) is 0 Å². The molecule has 1 aromatic heterocycles. The van der Waals surface area contributed by atoms with Crippen molar-refractivity contribution in [1.82, 2.24) is 9.97 Å². The molecule has 0 spiro atoms. The molecule has 7 heteroatoms. The number of nitrogens with zero attached hydrogens (tertiary/aromatic N) is 2. The number of anilines is 2. The van der Waals surface area contributed by atoms with Gasteiger partial charge in [0.05, 0.1) is 31.5 Å². The molecule has 2 aliphatic rings. The summed E-state index contributed by atoms with van der Waals surface area (Å²) in [5.41, 5.74) is 0. The highest BCUT2D eigenvalue weighted by Crippen LogP contribution is 2.22. The minimum Gasteiger partial charge on any atom is -0.379 e. The summed E-state index contributed by atoms with van der Waals surface area (Å²) in [6.07, 6.45) is 3.57. The van der Waals surface area contributed by atoms with E-state index < -0.39 is 0 Å². The van der Waals surface area contributed by atoms with Gasteiger partial charge in [-0.3, -0.25) is 0 Å². The fourth-order valence-corrected chi connectivity index (χ4v) is 2.36. The third kappa shape index (κ3) is 3.26. The van der Waals surface area contributed by atoms with Crippen LogP contribution in [-0.4, -0.2) is 48.5 Å². The highest BCUT2D eigenvalue weighted by atomic mass is 35.5. The van der Waals surface area contributed by atoms with Gasteiger partial charge in [-0.2, -0.15) is 4.98 Å². The fraction of sp³-hybridized carbons (Fsp3) is 0.667. The largest absolute Gasteiger partial charge is 0.379 e. The number of halogens is 1. The second-order valence-electron chi connectivity index (χ2n) is 4.80. The van der Waals surface area contributed by atoms with Crippen molar-refractivity contribution in [2.24, 2.45) is 0 Å². The SMILES string of the molecule is Clc1cnc(N[C@@H]2CCOC2)nc1N[C@@H]1CCOC1. The molecule has 1 aromatic rings. The lowest BCUT2D eigenvalue weighted by Gasteiger charge is -2.15. The van der Waals surface area contributed by atoms with Crippen molar-refractivity contribution in [3.05, 3.63) is 11.2 Å². The Labute approximate surface area is 116 Å². The molecule has 2 N–H and O–H groups in total. The Bertz CT molecular complexity index is 434. The third-order valence-electron chi connectivity index (χ3n) is 3.28. The van der Waals surface area contributed by atoms with E-state index >= 15 is 0 Å². The van der Waals surface area contributed by atoms with Crippen LogP contribution in [0, 0.1) is 0 Å². The maximum Gasteiger partial charge on any atom is 0.224 e. The molecule has 2 fully saturated rings. The second kappa shape index (κ2) is 5.90. The van der Waals surface area contributed by atoms with E-state index in [2.05, 4.69) is 20.6 Å². The topological polar surface area (TPSA) is 68.3 Å². The average Bonchev–Trinajstić information content (AvgIpc) is 3.07. The van der Waals surface area contributed by atoms with Crippen LogP contribution < -0.4 is 10.6 Å². The maximum absolute atomic E-state index is 6.11. The molecule has 3 rings (SSSR count). The number of hydrogen-bond donors (Lipinski definition) is 2. The molecule has 6 nitrogen and oxygen atoms in total. The fourth-order valence-electron chi connectivity index (χ4n) is 2.21. The quantitative estimate of drug-likeness (QED) is 0.874. The molecule has 2 atom stereocenters. The number of rotatable bonds is 4. The third-order valence-corrected chi connectivity index (χ3v) is 3.55. The predicted octanol–water partition coefficient (Wildman–Crippen LogP) is 1.53. The molecule has 3 heterocycles. The van der Waals surface area contributed by atoms with E-state index in [-0.39, 0.29) is 12.1 Å². The van der Waals surface area contributed by atoms with E-state index in [0.29, 0.717) is 30.0 Å². The van der Waals surface area contributed by atoms with Gasteiger partial charge in [-0.25, -0.2) is 4.98 Å². The second-order valence-corrected chi connectivity index (χ2v) is 5.21. The van der Waals surface area contributed by atoms with Gasteiger partial charge in [-0.15, -0.1) is 0 Å². The molecule has 19 heavy (non-hydrogen) atoms. The first-order valence-corrected chi connectivity index (χ1v) is 6.90. The minimum atomic E-state index is 0.273. The van der Waals surface area contributed by atoms with Gasteiger partial charge in [0.2, 0.25) is 5.95 Å². The number of ether oxygens (including phenoxy) is 2. The summed E-state index contributed by atoms with van der Waals surface area (Å²) in [7, 11) is 0. The molecule has 0 bridgehead atoms. The summed E-state index contributed by atoms with van der Waals surface area (Å²) in [5.74, 6) is 1.25. The Hall–Kier alpha value is -1.11. The molecule has 0 aliphatic carbocycles. The standard InChI is InChI=1S/C12H17ClN4O2/c13-10-5-14-12(16-9-2-4-19-7-9)17-11(10)15-8-1-3-18-6-8/h5,8-9H,1-4,6-7H2,(H2,14,15,16,17)/t8-,9-/m1/s1. The van der Waals surface area contributed by atoms with Crippen molar-refractivity contribution in [1.29, 1.82) is 0 Å². The summed E-state index contributed by atoms with van der Waals surface area (Å²) in [4.78, 5) is 8.62. The lowest BCUT2D eigenvalue weighted by atomic mass is 10.2. The first-order chi connectivity index (χ1) is 9.31. The Morgan fingerprint density at radius 1 is 1.11 bits per heavy atom. The van der Waals surface area contributed by atoms with Gasteiger partial charge < -0.3 is 20.1 Å². The number of hydrogen-bond acceptors (Lipinski definition) is 6. The molecule has 2 aliphatic heterocycles. The van der Waals surface area contributed by atoms with Gasteiger partial charge in [0, 0.05) is 13.2 Å². The van der Waals surface area contributed by atoms with Crippen LogP contribution in [0.2, 0.25) is 5.02 Å². The zero-order valence-electron chi connectivity index (χ0n) is 10.6. The maximum atomic E-state index is 6.11. The van der Waals surface area contributed by atoms with E-state index in [9.17, 15) is 0 Å². The molecule has 0 aromatic carbocycles. The van der Waals surface area contributed by atoms with Crippen LogP contribution in [0.25, 0.3) is 0 Å². The summed E-state index contributed by atoms with van der Waals surface area (Å²) >= 11 is 6.11. The molecular formula is C12H17ClN4O2. The summed E-state index contributed by atoms with van der Waals surface area (Å²) in [5, 5.41) is 7.08. The number of nitrogens with one attached hydrogen (secondary N) is 2. The van der Waals surface area contributed by atoms with Crippen molar-refractivity contribution in [2.45, 2.75) is 24.9 Å². The molecule has 2 saturated heterocycles. The van der Waals surface area contributed by atoms with Gasteiger partial charge in [-0.1, -0.05) is 11.6 Å². The molecule has 0 saturated carbocycles. The Morgan fingerprint density at radius 2 is 1.79 bits per heavy atom. The number of aromatic nitrogens is 2. The van der Waals surface area contributed by atoms with Crippen molar-refractivity contribution < 1.29 is 9.47 Å². The Balaban J connectivity index is 1.67. The Morgan fingerprint density at radius 3 is 2.42 bits per heavy atom. The van der Waals surface area contributed by atoms with Crippen molar-refractivity contribution >= 4 is 23.4 Å². The highest BCUT2D eigenvalue weighted by molar-refractivity contribution is 6.32. The molecular weight excluding hydrogens is 268 g/mol. The van der Waals surface area contributed by atoms with Gasteiger partial charge in [0.1, 0.15) is 5.02 Å². The van der Waals surface area contributed by atoms with Crippen LogP contribution in [-0.2, 0) is 9.47 Å². The summed E-state index contributed by atoms with van der Waals surface area (Å²) in [6, 6.07) is 0.555. The normalized spacial score (nSPS) is 26.6. The molecule has 0 radical (unpaired) electrons. The summed E-state index contributed by atoms with van der Waals surface area (Å²) < 4.78 is 10.6. The van der Waals surface area contributed by atoms with E-state index in [4.69, 9.17) is 21.1 Å². The predicted molar refractivity (Wildman–Crippen MR) is 72.7 cm³/mol.